The number of carbonyl (C=O) groups excluding carboxylic acids is 1. The van der Waals surface area contributed by atoms with E-state index >= 15 is 0 Å². The van der Waals surface area contributed by atoms with Gasteiger partial charge >= 0.3 is 0 Å². The van der Waals surface area contributed by atoms with Crippen LogP contribution in [0.25, 0.3) is 0 Å². The van der Waals surface area contributed by atoms with Gasteiger partial charge in [-0.3, -0.25) is 4.79 Å². The molecule has 0 aromatic carbocycles. The number of guanidine groups is 1. The Morgan fingerprint density at radius 3 is 2.71 bits per heavy atom. The molecule has 5 nitrogen and oxygen atoms in total. The maximum atomic E-state index is 12.0. The number of aliphatic imine (C=N–C) groups is 1. The monoisotopic (exact) mass is 350 g/mol. The highest BCUT2D eigenvalue weighted by Crippen LogP contribution is 2.25. The zero-order valence-corrected chi connectivity index (χ0v) is 15.5. The van der Waals surface area contributed by atoms with Crippen LogP contribution >= 0.6 is 11.3 Å². The number of amides is 1. The van der Waals surface area contributed by atoms with Gasteiger partial charge in [0.1, 0.15) is 0 Å². The van der Waals surface area contributed by atoms with Crippen molar-refractivity contribution in [2.24, 2.45) is 10.9 Å². The summed E-state index contributed by atoms with van der Waals surface area (Å²) in [5.74, 6) is 1.58. The minimum absolute atomic E-state index is 0.184. The van der Waals surface area contributed by atoms with Gasteiger partial charge in [-0.2, -0.15) is 0 Å². The molecule has 6 heteroatoms. The van der Waals surface area contributed by atoms with Crippen molar-refractivity contribution >= 4 is 23.2 Å². The third-order valence-corrected chi connectivity index (χ3v) is 5.12. The number of nitrogens with one attached hydrogen (secondary N) is 3. The third kappa shape index (κ3) is 7.34. The Balaban J connectivity index is 1.62. The predicted octanol–water partition coefficient (Wildman–Crippen LogP) is 2.89. The molecule has 0 radical (unpaired) electrons. The molecule has 0 spiro atoms. The number of rotatable bonds is 8. The first-order valence-corrected chi connectivity index (χ1v) is 9.97. The topological polar surface area (TPSA) is 65.5 Å². The van der Waals surface area contributed by atoms with Crippen molar-refractivity contribution in [2.75, 3.05) is 19.6 Å². The second-order valence-corrected chi connectivity index (χ2v) is 7.29. The minimum atomic E-state index is 0.184. The van der Waals surface area contributed by atoms with E-state index in [1.807, 2.05) is 13.0 Å². The molecule has 1 aliphatic carbocycles. The summed E-state index contributed by atoms with van der Waals surface area (Å²) in [5, 5.41) is 11.6. The zero-order chi connectivity index (χ0) is 17.0. The lowest BCUT2D eigenvalue weighted by molar-refractivity contribution is -0.122. The van der Waals surface area contributed by atoms with Gasteiger partial charge in [-0.15, -0.1) is 11.3 Å². The lowest BCUT2D eigenvalue weighted by Gasteiger charge is -2.20. The summed E-state index contributed by atoms with van der Waals surface area (Å²) >= 11 is 1.71. The molecule has 1 aliphatic rings. The van der Waals surface area contributed by atoms with E-state index in [0.29, 0.717) is 32.0 Å². The molecule has 3 N–H and O–H groups in total. The summed E-state index contributed by atoms with van der Waals surface area (Å²) < 4.78 is 0. The van der Waals surface area contributed by atoms with Crippen LogP contribution in [0.1, 0.15) is 50.3 Å². The normalized spacial score (nSPS) is 16.0. The van der Waals surface area contributed by atoms with Crippen molar-refractivity contribution in [1.82, 2.24) is 16.0 Å². The van der Waals surface area contributed by atoms with Crippen molar-refractivity contribution in [3.63, 3.8) is 0 Å². The van der Waals surface area contributed by atoms with Crippen LogP contribution in [-0.4, -0.2) is 31.5 Å². The van der Waals surface area contributed by atoms with Crippen LogP contribution in [0.15, 0.2) is 22.5 Å². The number of hydrogen-bond acceptors (Lipinski definition) is 3. The Morgan fingerprint density at radius 2 is 2.00 bits per heavy atom. The maximum Gasteiger partial charge on any atom is 0.220 e. The fraction of sp³-hybridized carbons (Fsp3) is 0.667. The molecule has 1 fully saturated rings. The molecule has 1 amide bonds. The van der Waals surface area contributed by atoms with Crippen molar-refractivity contribution in [2.45, 2.75) is 52.0 Å². The van der Waals surface area contributed by atoms with Crippen molar-refractivity contribution < 1.29 is 4.79 Å². The lowest BCUT2D eigenvalue weighted by atomic mass is 9.87. The molecule has 1 aromatic rings. The van der Waals surface area contributed by atoms with E-state index < -0.39 is 0 Å². The molecule has 24 heavy (non-hydrogen) atoms. The van der Waals surface area contributed by atoms with Crippen LogP contribution in [0.4, 0.5) is 0 Å². The molecule has 1 heterocycles. The Labute approximate surface area is 149 Å². The highest BCUT2D eigenvalue weighted by Gasteiger charge is 2.16. The van der Waals surface area contributed by atoms with E-state index in [1.165, 1.54) is 37.0 Å². The van der Waals surface area contributed by atoms with Gasteiger partial charge < -0.3 is 16.0 Å². The second-order valence-electron chi connectivity index (χ2n) is 6.26. The fourth-order valence-electron chi connectivity index (χ4n) is 3.01. The van der Waals surface area contributed by atoms with E-state index in [-0.39, 0.29) is 5.91 Å². The number of thiophene rings is 1. The van der Waals surface area contributed by atoms with Crippen LogP contribution in [-0.2, 0) is 11.3 Å². The molecule has 0 saturated heterocycles. The van der Waals surface area contributed by atoms with Crippen molar-refractivity contribution in [3.05, 3.63) is 22.4 Å². The second kappa shape index (κ2) is 11.1. The molecule has 0 unspecified atom stereocenters. The molecule has 0 aliphatic heterocycles. The van der Waals surface area contributed by atoms with Gasteiger partial charge in [0.15, 0.2) is 5.96 Å². The molecular formula is C18H30N4OS. The Bertz CT molecular complexity index is 495. The molecule has 0 atom stereocenters. The molecule has 2 rings (SSSR count). The maximum absolute atomic E-state index is 12.0. The van der Waals surface area contributed by atoms with Gasteiger partial charge in [0.25, 0.3) is 0 Å². The first-order chi connectivity index (χ1) is 11.8. The highest BCUT2D eigenvalue weighted by molar-refractivity contribution is 7.09. The Kier molecular flexibility index (Phi) is 8.66. The van der Waals surface area contributed by atoms with Crippen LogP contribution in [0.5, 0.6) is 0 Å². The van der Waals surface area contributed by atoms with Gasteiger partial charge in [0.2, 0.25) is 5.91 Å². The largest absolute Gasteiger partial charge is 0.357 e. The summed E-state index contributed by atoms with van der Waals surface area (Å²) in [4.78, 5) is 17.8. The molecule has 134 valence electrons. The van der Waals surface area contributed by atoms with Crippen molar-refractivity contribution in [1.29, 1.82) is 0 Å². The summed E-state index contributed by atoms with van der Waals surface area (Å²) in [5.41, 5.74) is 0. The van der Waals surface area contributed by atoms with Gasteiger partial charge in [-0.1, -0.05) is 25.3 Å². The standard InChI is InChI=1S/C18H30N4OS/c1-2-19-18(22-14-16-9-6-12-24-16)21-11-10-20-17(23)13-15-7-4-3-5-8-15/h6,9,12,15H,2-5,7-8,10-11,13-14H2,1H3,(H,20,23)(H2,19,21,22). The smallest absolute Gasteiger partial charge is 0.220 e. The predicted molar refractivity (Wildman–Crippen MR) is 101 cm³/mol. The van der Waals surface area contributed by atoms with Crippen molar-refractivity contribution in [3.8, 4) is 0 Å². The van der Waals surface area contributed by atoms with Crippen LogP contribution < -0.4 is 16.0 Å². The number of hydrogen-bond donors (Lipinski definition) is 3. The van der Waals surface area contributed by atoms with Crippen LogP contribution in [0, 0.1) is 5.92 Å². The van der Waals surface area contributed by atoms with Gasteiger partial charge in [0.05, 0.1) is 6.54 Å². The first-order valence-electron chi connectivity index (χ1n) is 9.09. The Morgan fingerprint density at radius 1 is 1.21 bits per heavy atom. The van der Waals surface area contributed by atoms with E-state index in [4.69, 9.17) is 0 Å². The average molecular weight is 351 g/mol. The van der Waals surface area contributed by atoms with E-state index in [0.717, 1.165) is 12.5 Å². The average Bonchev–Trinajstić information content (AvgIpc) is 3.11. The molecule has 1 saturated carbocycles. The van der Waals surface area contributed by atoms with E-state index in [9.17, 15) is 4.79 Å². The van der Waals surface area contributed by atoms with Crippen LogP contribution in [0.2, 0.25) is 0 Å². The third-order valence-electron chi connectivity index (χ3n) is 4.26. The van der Waals surface area contributed by atoms with E-state index in [1.54, 1.807) is 11.3 Å². The van der Waals surface area contributed by atoms with Gasteiger partial charge in [-0.25, -0.2) is 4.99 Å². The summed E-state index contributed by atoms with van der Waals surface area (Å²) in [7, 11) is 0. The summed E-state index contributed by atoms with van der Waals surface area (Å²) in [6.45, 7) is 4.88. The van der Waals surface area contributed by atoms with E-state index in [2.05, 4.69) is 32.4 Å². The highest BCUT2D eigenvalue weighted by atomic mass is 32.1. The van der Waals surface area contributed by atoms with Crippen LogP contribution in [0.3, 0.4) is 0 Å². The number of carbonyl (C=O) groups is 1. The number of nitrogens with zero attached hydrogens (tertiary/aromatic N) is 1. The molecule has 1 aromatic heterocycles. The summed E-state index contributed by atoms with van der Waals surface area (Å²) in [6.07, 6.45) is 7.02. The Hall–Kier alpha value is -1.56. The minimum Gasteiger partial charge on any atom is -0.357 e. The zero-order valence-electron chi connectivity index (χ0n) is 14.6. The molecular weight excluding hydrogens is 320 g/mol. The van der Waals surface area contributed by atoms with Gasteiger partial charge in [-0.05, 0) is 37.1 Å². The lowest BCUT2D eigenvalue weighted by Crippen LogP contribution is -2.41. The fourth-order valence-corrected chi connectivity index (χ4v) is 3.64. The SMILES string of the molecule is CCNC(=NCc1cccs1)NCCNC(=O)CC1CCCCC1. The first kappa shape index (κ1) is 18.8. The molecule has 0 bridgehead atoms. The summed E-state index contributed by atoms with van der Waals surface area (Å²) in [6, 6.07) is 4.13. The quantitative estimate of drug-likeness (QED) is 0.384. The van der Waals surface area contributed by atoms with Gasteiger partial charge in [0, 0.05) is 30.9 Å².